The summed E-state index contributed by atoms with van der Waals surface area (Å²) in [4.78, 5) is 0. The van der Waals surface area contributed by atoms with E-state index in [-0.39, 0.29) is 0 Å². The van der Waals surface area contributed by atoms with Crippen molar-refractivity contribution >= 4 is 10.8 Å². The van der Waals surface area contributed by atoms with E-state index >= 15 is 0 Å². The molecule has 1 heteroatoms. The number of fused-ring (bicyclic) bond motifs is 1. The Bertz CT molecular complexity index is 725. The molecule has 20 heavy (non-hydrogen) atoms. The van der Waals surface area contributed by atoms with Crippen LogP contribution in [0.4, 0.5) is 0 Å². The second-order valence-corrected chi connectivity index (χ2v) is 5.16. The fraction of sp³-hybridized carbons (Fsp3) is 0.158. The van der Waals surface area contributed by atoms with Gasteiger partial charge in [0.2, 0.25) is 0 Å². The van der Waals surface area contributed by atoms with Gasteiger partial charge in [-0.05, 0) is 47.5 Å². The van der Waals surface area contributed by atoms with E-state index in [1.54, 1.807) is 0 Å². The van der Waals surface area contributed by atoms with E-state index in [1.165, 1.54) is 27.5 Å². The van der Waals surface area contributed by atoms with Crippen LogP contribution in [0.3, 0.4) is 0 Å². The summed E-state index contributed by atoms with van der Waals surface area (Å²) in [6.45, 7) is 2.18. The van der Waals surface area contributed by atoms with Crippen molar-refractivity contribution in [2.45, 2.75) is 13.0 Å². The molecule has 3 aromatic rings. The van der Waals surface area contributed by atoms with Crippen LogP contribution in [0.1, 0.15) is 18.5 Å². The van der Waals surface area contributed by atoms with Gasteiger partial charge in [-0.15, -0.1) is 0 Å². The van der Waals surface area contributed by atoms with Crippen molar-refractivity contribution in [2.75, 3.05) is 7.05 Å². The van der Waals surface area contributed by atoms with Gasteiger partial charge < -0.3 is 5.32 Å². The zero-order valence-corrected chi connectivity index (χ0v) is 11.9. The molecule has 0 aliphatic heterocycles. The van der Waals surface area contributed by atoms with Crippen molar-refractivity contribution in [3.05, 3.63) is 72.3 Å². The highest BCUT2D eigenvalue weighted by Crippen LogP contribution is 2.29. The third-order valence-corrected chi connectivity index (χ3v) is 3.92. The van der Waals surface area contributed by atoms with Gasteiger partial charge in [-0.3, -0.25) is 0 Å². The molecule has 0 bridgehead atoms. The van der Waals surface area contributed by atoms with Gasteiger partial charge in [0, 0.05) is 6.04 Å². The smallest absolute Gasteiger partial charge is 0.0289 e. The summed E-state index contributed by atoms with van der Waals surface area (Å²) in [5.41, 5.74) is 3.90. The lowest BCUT2D eigenvalue weighted by Crippen LogP contribution is -2.12. The largest absolute Gasteiger partial charge is 0.313 e. The normalized spacial score (nSPS) is 12.5. The molecule has 3 aromatic carbocycles. The van der Waals surface area contributed by atoms with E-state index < -0.39 is 0 Å². The molecular formula is C19H19N. The van der Waals surface area contributed by atoms with E-state index in [0.29, 0.717) is 6.04 Å². The summed E-state index contributed by atoms with van der Waals surface area (Å²) in [6, 6.07) is 24.2. The fourth-order valence-corrected chi connectivity index (χ4v) is 2.62. The lowest BCUT2D eigenvalue weighted by molar-refractivity contribution is 0.652. The second-order valence-electron chi connectivity index (χ2n) is 5.16. The maximum Gasteiger partial charge on any atom is 0.0289 e. The van der Waals surface area contributed by atoms with E-state index in [1.807, 2.05) is 7.05 Å². The molecular weight excluding hydrogens is 242 g/mol. The van der Waals surface area contributed by atoms with Gasteiger partial charge in [0.15, 0.2) is 0 Å². The van der Waals surface area contributed by atoms with Crippen molar-refractivity contribution in [1.82, 2.24) is 5.32 Å². The Morgan fingerprint density at radius 2 is 1.60 bits per heavy atom. The summed E-state index contributed by atoms with van der Waals surface area (Å²) < 4.78 is 0. The average molecular weight is 261 g/mol. The van der Waals surface area contributed by atoms with E-state index in [0.717, 1.165) is 0 Å². The molecule has 0 spiro atoms. The molecule has 0 aliphatic carbocycles. The van der Waals surface area contributed by atoms with Gasteiger partial charge >= 0.3 is 0 Å². The zero-order valence-electron chi connectivity index (χ0n) is 11.9. The van der Waals surface area contributed by atoms with Gasteiger partial charge in [0.1, 0.15) is 0 Å². The molecule has 0 aliphatic rings. The van der Waals surface area contributed by atoms with Crippen molar-refractivity contribution in [3.63, 3.8) is 0 Å². The van der Waals surface area contributed by atoms with E-state index in [4.69, 9.17) is 0 Å². The Balaban J connectivity index is 2.16. The first-order valence-corrected chi connectivity index (χ1v) is 7.05. The molecule has 0 saturated carbocycles. The minimum absolute atomic E-state index is 0.366. The third-order valence-electron chi connectivity index (χ3n) is 3.92. The summed E-state index contributed by atoms with van der Waals surface area (Å²) in [7, 11) is 2.00. The van der Waals surface area contributed by atoms with Crippen molar-refractivity contribution < 1.29 is 0 Å². The molecule has 0 heterocycles. The Morgan fingerprint density at radius 1 is 0.850 bits per heavy atom. The van der Waals surface area contributed by atoms with E-state index in [2.05, 4.69) is 79.0 Å². The number of nitrogens with one attached hydrogen (secondary N) is 1. The topological polar surface area (TPSA) is 12.0 Å². The van der Waals surface area contributed by atoms with Crippen LogP contribution in [0.5, 0.6) is 0 Å². The van der Waals surface area contributed by atoms with Crippen LogP contribution in [0.25, 0.3) is 21.9 Å². The van der Waals surface area contributed by atoms with Crippen LogP contribution in [-0.4, -0.2) is 7.05 Å². The highest BCUT2D eigenvalue weighted by atomic mass is 14.8. The maximum atomic E-state index is 3.30. The number of rotatable bonds is 3. The number of hydrogen-bond donors (Lipinski definition) is 1. The lowest BCUT2D eigenvalue weighted by Gasteiger charge is -2.13. The molecule has 0 fully saturated rings. The summed E-state index contributed by atoms with van der Waals surface area (Å²) in [5.74, 6) is 0. The van der Waals surface area contributed by atoms with Gasteiger partial charge in [0.25, 0.3) is 0 Å². The van der Waals surface area contributed by atoms with Crippen molar-refractivity contribution in [3.8, 4) is 11.1 Å². The maximum absolute atomic E-state index is 3.30. The Hall–Kier alpha value is -2.12. The van der Waals surface area contributed by atoms with Crippen molar-refractivity contribution in [1.29, 1.82) is 0 Å². The van der Waals surface area contributed by atoms with Crippen LogP contribution in [-0.2, 0) is 0 Å². The third kappa shape index (κ3) is 2.33. The fourth-order valence-electron chi connectivity index (χ4n) is 2.62. The monoisotopic (exact) mass is 261 g/mol. The molecule has 0 amide bonds. The van der Waals surface area contributed by atoms with Crippen molar-refractivity contribution in [2.24, 2.45) is 0 Å². The minimum atomic E-state index is 0.366. The molecule has 0 saturated heterocycles. The average Bonchev–Trinajstić information content (AvgIpc) is 2.53. The predicted octanol–water partition coefficient (Wildman–Crippen LogP) is 4.79. The van der Waals surface area contributed by atoms with Crippen LogP contribution in [0, 0.1) is 0 Å². The van der Waals surface area contributed by atoms with E-state index in [9.17, 15) is 0 Å². The molecule has 0 aromatic heterocycles. The summed E-state index contributed by atoms with van der Waals surface area (Å²) >= 11 is 0. The first kappa shape index (κ1) is 12.9. The molecule has 100 valence electrons. The highest BCUT2D eigenvalue weighted by molar-refractivity contribution is 5.96. The quantitative estimate of drug-likeness (QED) is 0.715. The Labute approximate surface area is 120 Å². The van der Waals surface area contributed by atoms with Gasteiger partial charge in [-0.25, -0.2) is 0 Å². The number of benzene rings is 3. The predicted molar refractivity (Wildman–Crippen MR) is 86.9 cm³/mol. The standard InChI is InChI=1S/C19H19N/c1-14(20-2)16-9-5-10-17(13-16)19-12-6-8-15-7-3-4-11-18(15)19/h3-14,20H,1-2H3. The first-order valence-electron chi connectivity index (χ1n) is 7.05. The SMILES string of the molecule is CNC(C)c1cccc(-c2cccc3ccccc23)c1. The van der Waals surface area contributed by atoms with Gasteiger partial charge in [-0.2, -0.15) is 0 Å². The molecule has 1 atom stereocenters. The van der Waals surface area contributed by atoms with Crippen LogP contribution >= 0.6 is 0 Å². The van der Waals surface area contributed by atoms with Crippen LogP contribution in [0.2, 0.25) is 0 Å². The first-order chi connectivity index (χ1) is 9.79. The van der Waals surface area contributed by atoms with Gasteiger partial charge in [-0.1, -0.05) is 60.7 Å². The summed E-state index contributed by atoms with van der Waals surface area (Å²) in [6.07, 6.45) is 0. The second kappa shape index (κ2) is 5.48. The highest BCUT2D eigenvalue weighted by Gasteiger charge is 2.06. The minimum Gasteiger partial charge on any atom is -0.313 e. The summed E-state index contributed by atoms with van der Waals surface area (Å²) in [5, 5.41) is 5.90. The van der Waals surface area contributed by atoms with Crippen LogP contribution in [0.15, 0.2) is 66.7 Å². The Kier molecular flexibility index (Phi) is 3.53. The lowest BCUT2D eigenvalue weighted by atomic mass is 9.96. The Morgan fingerprint density at radius 3 is 2.45 bits per heavy atom. The molecule has 3 rings (SSSR count). The van der Waals surface area contributed by atoms with Crippen LogP contribution < -0.4 is 5.32 Å². The number of hydrogen-bond acceptors (Lipinski definition) is 1. The van der Waals surface area contributed by atoms with Gasteiger partial charge in [0.05, 0.1) is 0 Å². The zero-order chi connectivity index (χ0) is 13.9. The molecule has 0 radical (unpaired) electrons. The molecule has 1 N–H and O–H groups in total. The molecule has 1 nitrogen and oxygen atoms in total. The molecule has 1 unspecified atom stereocenters.